The van der Waals surface area contributed by atoms with Crippen LogP contribution in [0.2, 0.25) is 0 Å². The van der Waals surface area contributed by atoms with Crippen molar-refractivity contribution in [1.82, 2.24) is 15.1 Å². The van der Waals surface area contributed by atoms with Crippen LogP contribution in [0, 0.1) is 18.7 Å². The van der Waals surface area contributed by atoms with Crippen molar-refractivity contribution in [2.75, 3.05) is 45.9 Å². The average molecular weight is 431 g/mol. The van der Waals surface area contributed by atoms with Crippen molar-refractivity contribution in [3.05, 3.63) is 35.3 Å². The predicted octanol–water partition coefficient (Wildman–Crippen LogP) is 2.92. The predicted molar refractivity (Wildman–Crippen MR) is 117 cm³/mol. The summed E-state index contributed by atoms with van der Waals surface area (Å²) in [6, 6.07) is 4.57. The number of fused-ring (bicyclic) bond motifs is 1. The molecule has 7 nitrogen and oxygen atoms in total. The number of ether oxygens (including phenoxy) is 1. The molecular weight excluding hydrogens is 399 g/mol. The number of amides is 1. The Morgan fingerprint density at radius 2 is 1.94 bits per heavy atom. The molecular formula is C23H31FN4O3. The van der Waals surface area contributed by atoms with Crippen molar-refractivity contribution in [3.8, 4) is 0 Å². The molecule has 31 heavy (non-hydrogen) atoms. The Labute approximate surface area is 182 Å². The summed E-state index contributed by atoms with van der Waals surface area (Å²) in [5, 5.41) is 4.14. The number of nitrogens with one attached hydrogen (secondary N) is 1. The average Bonchev–Trinajstić information content (AvgIpc) is 3.12. The number of morpholine rings is 1. The number of likely N-dealkylation sites (tertiary alicyclic amines) is 1. The van der Waals surface area contributed by atoms with E-state index in [-0.39, 0.29) is 17.6 Å². The van der Waals surface area contributed by atoms with Gasteiger partial charge in [-0.2, -0.15) is 0 Å². The number of carbonyl (C=O) groups excluding carboxylic acids is 1. The summed E-state index contributed by atoms with van der Waals surface area (Å²) in [4.78, 5) is 21.7. The molecule has 1 aromatic heterocycles. The molecule has 0 aliphatic carbocycles. The number of hydrogen-bond donors (Lipinski definition) is 1. The van der Waals surface area contributed by atoms with E-state index in [0.29, 0.717) is 38.4 Å². The number of carbonyl (C=O) groups is 1. The minimum Gasteiger partial charge on any atom is -0.459 e. The number of piperidine rings is 1. The molecule has 0 bridgehead atoms. The van der Waals surface area contributed by atoms with Crippen LogP contribution in [0.3, 0.4) is 0 Å². The lowest BCUT2D eigenvalue weighted by Crippen LogP contribution is -2.50. The summed E-state index contributed by atoms with van der Waals surface area (Å²) in [5.41, 5.74) is 1.60. The number of benzene rings is 1. The Kier molecular flexibility index (Phi) is 6.75. The van der Waals surface area contributed by atoms with E-state index in [4.69, 9.17) is 14.1 Å². The van der Waals surface area contributed by atoms with Crippen LogP contribution in [0.5, 0.6) is 0 Å². The second kappa shape index (κ2) is 9.68. The molecule has 0 saturated carbocycles. The molecule has 0 atom stereocenters. The van der Waals surface area contributed by atoms with E-state index in [2.05, 4.69) is 10.2 Å². The molecule has 2 saturated heterocycles. The van der Waals surface area contributed by atoms with Gasteiger partial charge in [0.05, 0.1) is 13.2 Å². The number of guanidine groups is 1. The van der Waals surface area contributed by atoms with Gasteiger partial charge in [0.15, 0.2) is 5.96 Å². The maximum atomic E-state index is 13.6. The molecule has 2 fully saturated rings. The lowest BCUT2D eigenvalue weighted by Gasteiger charge is -2.36. The van der Waals surface area contributed by atoms with E-state index < -0.39 is 0 Å². The van der Waals surface area contributed by atoms with Gasteiger partial charge in [0.2, 0.25) is 5.91 Å². The van der Waals surface area contributed by atoms with Crippen LogP contribution in [-0.2, 0) is 16.1 Å². The molecule has 2 aliphatic rings. The summed E-state index contributed by atoms with van der Waals surface area (Å²) in [5.74, 6) is 1.63. The van der Waals surface area contributed by atoms with E-state index >= 15 is 0 Å². The van der Waals surface area contributed by atoms with Crippen LogP contribution in [0.15, 0.2) is 27.6 Å². The maximum Gasteiger partial charge on any atom is 0.225 e. The van der Waals surface area contributed by atoms with Crippen LogP contribution >= 0.6 is 0 Å². The van der Waals surface area contributed by atoms with Gasteiger partial charge in [-0.05, 0) is 44.9 Å². The highest BCUT2D eigenvalue weighted by Gasteiger charge is 2.30. The van der Waals surface area contributed by atoms with Crippen molar-refractivity contribution >= 4 is 22.8 Å². The van der Waals surface area contributed by atoms with Gasteiger partial charge >= 0.3 is 0 Å². The van der Waals surface area contributed by atoms with E-state index in [1.54, 1.807) is 6.07 Å². The number of hydrogen-bond acceptors (Lipinski definition) is 4. The number of furan rings is 1. The van der Waals surface area contributed by atoms with Gasteiger partial charge in [-0.25, -0.2) is 9.38 Å². The third kappa shape index (κ3) is 4.84. The SMILES string of the molecule is CCNC(=NCc1oc2ccc(F)cc2c1C)N1CCC(C(=O)N2CCOCC2)CC1. The third-order valence-corrected chi connectivity index (χ3v) is 6.17. The standard InChI is InChI=1S/C23H31FN4O3/c1-3-25-23(26-15-21-16(2)19-14-18(24)4-5-20(19)31-21)28-8-6-17(7-9-28)22(29)27-10-12-30-13-11-27/h4-5,14,17H,3,6-13,15H2,1-2H3,(H,25,26). The van der Waals surface area contributed by atoms with Gasteiger partial charge in [0.25, 0.3) is 0 Å². The van der Waals surface area contributed by atoms with E-state index in [1.807, 2.05) is 18.7 Å². The minimum atomic E-state index is -0.269. The van der Waals surface area contributed by atoms with Gasteiger partial charge in [0.1, 0.15) is 23.7 Å². The van der Waals surface area contributed by atoms with Gasteiger partial charge < -0.3 is 24.3 Å². The molecule has 1 N–H and O–H groups in total. The van der Waals surface area contributed by atoms with E-state index in [0.717, 1.165) is 55.1 Å². The smallest absolute Gasteiger partial charge is 0.225 e. The number of rotatable bonds is 4. The fourth-order valence-electron chi connectivity index (χ4n) is 4.35. The summed E-state index contributed by atoms with van der Waals surface area (Å²) in [6.07, 6.45) is 1.65. The zero-order chi connectivity index (χ0) is 21.8. The van der Waals surface area contributed by atoms with Gasteiger partial charge in [-0.15, -0.1) is 0 Å². The summed E-state index contributed by atoms with van der Waals surface area (Å²) >= 11 is 0. The van der Waals surface area contributed by atoms with Crippen molar-refractivity contribution in [1.29, 1.82) is 0 Å². The fourth-order valence-corrected chi connectivity index (χ4v) is 4.35. The monoisotopic (exact) mass is 430 g/mol. The number of nitrogens with zero attached hydrogens (tertiary/aromatic N) is 3. The van der Waals surface area contributed by atoms with Crippen LogP contribution < -0.4 is 5.32 Å². The fraction of sp³-hybridized carbons (Fsp3) is 0.565. The Morgan fingerprint density at radius 1 is 1.19 bits per heavy atom. The number of aryl methyl sites for hydroxylation is 1. The second-order valence-electron chi connectivity index (χ2n) is 8.16. The first-order chi connectivity index (χ1) is 15.1. The van der Waals surface area contributed by atoms with Crippen molar-refractivity contribution < 1.29 is 18.3 Å². The van der Waals surface area contributed by atoms with Gasteiger partial charge in [-0.3, -0.25) is 4.79 Å². The van der Waals surface area contributed by atoms with Crippen LogP contribution in [0.4, 0.5) is 4.39 Å². The number of aliphatic imine (C=N–C) groups is 1. The number of halogens is 1. The summed E-state index contributed by atoms with van der Waals surface area (Å²) in [6.45, 7) is 9.37. The maximum absolute atomic E-state index is 13.6. The molecule has 8 heteroatoms. The molecule has 0 unspecified atom stereocenters. The largest absolute Gasteiger partial charge is 0.459 e. The molecule has 2 aromatic rings. The zero-order valence-corrected chi connectivity index (χ0v) is 18.3. The molecule has 3 heterocycles. The lowest BCUT2D eigenvalue weighted by molar-refractivity contribution is -0.140. The van der Waals surface area contributed by atoms with Crippen molar-refractivity contribution in [3.63, 3.8) is 0 Å². The first-order valence-corrected chi connectivity index (χ1v) is 11.1. The topological polar surface area (TPSA) is 70.3 Å². The molecule has 0 radical (unpaired) electrons. The van der Waals surface area contributed by atoms with Crippen molar-refractivity contribution in [2.24, 2.45) is 10.9 Å². The molecule has 4 rings (SSSR count). The quantitative estimate of drug-likeness (QED) is 0.597. The zero-order valence-electron chi connectivity index (χ0n) is 18.3. The highest BCUT2D eigenvalue weighted by atomic mass is 19.1. The summed E-state index contributed by atoms with van der Waals surface area (Å²) in [7, 11) is 0. The molecule has 168 valence electrons. The van der Waals surface area contributed by atoms with E-state index in [1.165, 1.54) is 12.1 Å². The molecule has 0 spiro atoms. The van der Waals surface area contributed by atoms with Crippen LogP contribution in [-0.4, -0.2) is 67.6 Å². The Balaban J connectivity index is 1.40. The molecule has 1 aromatic carbocycles. The van der Waals surface area contributed by atoms with Crippen LogP contribution in [0.1, 0.15) is 31.1 Å². The van der Waals surface area contributed by atoms with Crippen LogP contribution in [0.25, 0.3) is 11.0 Å². The second-order valence-corrected chi connectivity index (χ2v) is 8.16. The Bertz CT molecular complexity index is 944. The van der Waals surface area contributed by atoms with Gasteiger partial charge in [0, 0.05) is 49.6 Å². The first kappa shape index (κ1) is 21.6. The minimum absolute atomic E-state index is 0.0738. The first-order valence-electron chi connectivity index (χ1n) is 11.1. The molecule has 2 aliphatic heterocycles. The summed E-state index contributed by atoms with van der Waals surface area (Å²) < 4.78 is 24.8. The van der Waals surface area contributed by atoms with Crippen molar-refractivity contribution in [2.45, 2.75) is 33.2 Å². The lowest BCUT2D eigenvalue weighted by atomic mass is 9.95. The normalized spacial score (nSPS) is 18.6. The Morgan fingerprint density at radius 3 is 2.65 bits per heavy atom. The van der Waals surface area contributed by atoms with Gasteiger partial charge in [-0.1, -0.05) is 0 Å². The van der Waals surface area contributed by atoms with E-state index in [9.17, 15) is 9.18 Å². The highest BCUT2D eigenvalue weighted by Crippen LogP contribution is 2.27. The molecule has 1 amide bonds. The highest BCUT2D eigenvalue weighted by molar-refractivity contribution is 5.83. The third-order valence-electron chi connectivity index (χ3n) is 6.17. The Hall–Kier alpha value is -2.61.